The monoisotopic (exact) mass is 259 g/mol. The van der Waals surface area contributed by atoms with E-state index in [0.29, 0.717) is 5.56 Å². The van der Waals surface area contributed by atoms with Gasteiger partial charge in [-0.1, -0.05) is 48.0 Å². The summed E-state index contributed by atoms with van der Waals surface area (Å²) in [6, 6.07) is 15.4. The van der Waals surface area contributed by atoms with Crippen molar-refractivity contribution >= 4 is 15.9 Å². The summed E-state index contributed by atoms with van der Waals surface area (Å²) in [6.45, 7) is 1.89. The summed E-state index contributed by atoms with van der Waals surface area (Å²) in [7, 11) is -3.57. The predicted octanol–water partition coefficient (Wildman–Crippen LogP) is 3.44. The van der Waals surface area contributed by atoms with E-state index in [1.165, 1.54) is 0 Å². The fourth-order valence-electron chi connectivity index (χ4n) is 1.48. The smallest absolute Gasteiger partial charge is 0.199 e. The highest BCUT2D eigenvalue weighted by Crippen LogP contribution is 2.14. The summed E-state index contributed by atoms with van der Waals surface area (Å²) in [5.74, 6) is 0. The molecule has 92 valence electrons. The molecule has 0 aliphatic carbocycles. The molecule has 2 rings (SSSR count). The van der Waals surface area contributed by atoms with Crippen molar-refractivity contribution in [1.29, 1.82) is 0 Å². The average molecular weight is 259 g/mol. The van der Waals surface area contributed by atoms with Crippen molar-refractivity contribution in [3.05, 3.63) is 71.1 Å². The lowest BCUT2D eigenvalue weighted by molar-refractivity contribution is 0.605. The van der Waals surface area contributed by atoms with Crippen molar-refractivity contribution < 1.29 is 9.79 Å². The standard InChI is InChI=1S/C15H14O2S/c1-13-7-9-15(10-8-13)18(16,17)12-11-14-5-3-2-4-6-14/h2-12H,1H3/b12-11+/i11D. The highest BCUT2D eigenvalue weighted by Gasteiger charge is 2.09. The maximum Gasteiger partial charge on any atom is 0.199 e. The average Bonchev–Trinajstić information content (AvgIpc) is 2.40. The molecule has 2 aromatic carbocycles. The Morgan fingerprint density at radius 2 is 1.61 bits per heavy atom. The predicted molar refractivity (Wildman–Crippen MR) is 73.8 cm³/mol. The van der Waals surface area contributed by atoms with Crippen LogP contribution in [0.15, 0.2) is 64.9 Å². The molecule has 0 spiro atoms. The van der Waals surface area contributed by atoms with Crippen molar-refractivity contribution in [1.82, 2.24) is 0 Å². The molecule has 0 heterocycles. The highest BCUT2D eigenvalue weighted by molar-refractivity contribution is 7.94. The first-order valence-electron chi connectivity index (χ1n) is 6.04. The Labute approximate surface area is 109 Å². The van der Waals surface area contributed by atoms with Gasteiger partial charge >= 0.3 is 0 Å². The Kier molecular flexibility index (Phi) is 3.24. The minimum Gasteiger partial charge on any atom is -0.219 e. The molecular weight excluding hydrogens is 244 g/mol. The quantitative estimate of drug-likeness (QED) is 0.846. The molecule has 0 saturated heterocycles. The Hall–Kier alpha value is -1.87. The third-order valence-electron chi connectivity index (χ3n) is 2.50. The second-order valence-electron chi connectivity index (χ2n) is 3.99. The molecule has 0 atom stereocenters. The highest BCUT2D eigenvalue weighted by atomic mass is 32.2. The molecule has 18 heavy (non-hydrogen) atoms. The molecule has 0 aliphatic heterocycles. The lowest BCUT2D eigenvalue weighted by Crippen LogP contribution is -1.95. The van der Waals surface area contributed by atoms with Crippen LogP contribution in [0, 0.1) is 6.92 Å². The van der Waals surface area contributed by atoms with Gasteiger partial charge < -0.3 is 0 Å². The van der Waals surface area contributed by atoms with Gasteiger partial charge in [0.25, 0.3) is 0 Å². The van der Waals surface area contributed by atoms with Gasteiger partial charge in [0.05, 0.1) is 6.27 Å². The number of benzene rings is 2. The summed E-state index contributed by atoms with van der Waals surface area (Å²) in [5, 5.41) is 0.993. The second kappa shape index (κ2) is 5.19. The van der Waals surface area contributed by atoms with Crippen molar-refractivity contribution in [2.75, 3.05) is 0 Å². The summed E-state index contributed by atoms with van der Waals surface area (Å²) >= 11 is 0. The van der Waals surface area contributed by atoms with Crippen LogP contribution in [-0.2, 0) is 9.84 Å². The minimum absolute atomic E-state index is 0.0128. The topological polar surface area (TPSA) is 34.1 Å². The molecule has 0 radical (unpaired) electrons. The molecule has 0 fully saturated rings. The van der Waals surface area contributed by atoms with Gasteiger partial charge in [-0.2, -0.15) is 0 Å². The van der Waals surface area contributed by atoms with E-state index in [1.807, 2.05) is 13.0 Å². The Morgan fingerprint density at radius 1 is 1.00 bits per heavy atom. The van der Waals surface area contributed by atoms with E-state index in [9.17, 15) is 8.42 Å². The van der Waals surface area contributed by atoms with E-state index in [1.54, 1.807) is 48.5 Å². The van der Waals surface area contributed by atoms with E-state index in [4.69, 9.17) is 1.37 Å². The van der Waals surface area contributed by atoms with Crippen LogP contribution in [0.3, 0.4) is 0 Å². The first kappa shape index (κ1) is 11.2. The molecule has 0 bridgehead atoms. The number of hydrogen-bond donors (Lipinski definition) is 0. The van der Waals surface area contributed by atoms with Crippen LogP contribution >= 0.6 is 0 Å². The van der Waals surface area contributed by atoms with Crippen molar-refractivity contribution in [2.45, 2.75) is 11.8 Å². The normalized spacial score (nSPS) is 13.2. The minimum atomic E-state index is -3.57. The Bertz CT molecular complexity index is 687. The Balaban J connectivity index is 2.39. The fourth-order valence-corrected chi connectivity index (χ4v) is 2.42. The van der Waals surface area contributed by atoms with Gasteiger partial charge in [0.15, 0.2) is 9.84 Å². The number of rotatable bonds is 3. The first-order valence-corrected chi connectivity index (χ1v) is 7.09. The SMILES string of the molecule is [2H]/C(=C\S(=O)(=O)c1ccc(C)cc1)c1ccccc1. The first-order chi connectivity index (χ1) is 8.99. The molecule has 0 unspecified atom stereocenters. The van der Waals surface area contributed by atoms with Crippen LogP contribution in [0.25, 0.3) is 6.05 Å². The van der Waals surface area contributed by atoms with Gasteiger partial charge in [0, 0.05) is 5.41 Å². The van der Waals surface area contributed by atoms with E-state index in [2.05, 4.69) is 0 Å². The third-order valence-corrected chi connectivity index (χ3v) is 3.86. The molecule has 0 saturated carbocycles. The van der Waals surface area contributed by atoms with Gasteiger partial charge in [-0.25, -0.2) is 8.42 Å². The van der Waals surface area contributed by atoms with Crippen LogP contribution in [-0.4, -0.2) is 8.42 Å². The zero-order valence-corrected chi connectivity index (χ0v) is 10.8. The summed E-state index contributed by atoms with van der Waals surface area (Å²) < 4.78 is 32.1. The van der Waals surface area contributed by atoms with Gasteiger partial charge in [-0.15, -0.1) is 0 Å². The third kappa shape index (κ3) is 3.08. The summed E-state index contributed by atoms with van der Waals surface area (Å²) in [4.78, 5) is 0.207. The van der Waals surface area contributed by atoms with Crippen molar-refractivity contribution in [3.8, 4) is 0 Å². The molecular formula is C15H14O2S. The maximum absolute atomic E-state index is 12.1. The molecule has 3 heteroatoms. The van der Waals surface area contributed by atoms with E-state index in [-0.39, 0.29) is 10.9 Å². The van der Waals surface area contributed by atoms with Crippen LogP contribution in [0.1, 0.15) is 12.5 Å². The molecule has 0 amide bonds. The molecule has 2 aromatic rings. The zero-order valence-electron chi connectivity index (χ0n) is 11.0. The molecule has 0 aliphatic rings. The lowest BCUT2D eigenvalue weighted by atomic mass is 10.2. The maximum atomic E-state index is 12.1. The van der Waals surface area contributed by atoms with Gasteiger partial charge in [0.2, 0.25) is 0 Å². The number of aryl methyl sites for hydroxylation is 1. The summed E-state index contributed by atoms with van der Waals surface area (Å²) in [6.07, 6.45) is 0. The van der Waals surface area contributed by atoms with Crippen LogP contribution in [0.5, 0.6) is 0 Å². The van der Waals surface area contributed by atoms with Crippen LogP contribution < -0.4 is 0 Å². The molecule has 2 nitrogen and oxygen atoms in total. The van der Waals surface area contributed by atoms with Crippen molar-refractivity contribution in [3.63, 3.8) is 0 Å². The summed E-state index contributed by atoms with van der Waals surface area (Å²) in [5.41, 5.74) is 1.58. The van der Waals surface area contributed by atoms with Crippen LogP contribution in [0.2, 0.25) is 0 Å². The van der Waals surface area contributed by atoms with E-state index < -0.39 is 9.84 Å². The fraction of sp³-hybridized carbons (Fsp3) is 0.0667. The number of hydrogen-bond acceptors (Lipinski definition) is 2. The number of sulfone groups is 1. The Morgan fingerprint density at radius 3 is 2.22 bits per heavy atom. The van der Waals surface area contributed by atoms with Gasteiger partial charge in [-0.3, -0.25) is 0 Å². The van der Waals surface area contributed by atoms with Crippen LogP contribution in [0.4, 0.5) is 0 Å². The molecule has 0 N–H and O–H groups in total. The van der Waals surface area contributed by atoms with E-state index >= 15 is 0 Å². The lowest BCUT2D eigenvalue weighted by Gasteiger charge is -1.99. The van der Waals surface area contributed by atoms with Gasteiger partial charge in [-0.05, 0) is 30.7 Å². The largest absolute Gasteiger partial charge is 0.219 e. The second-order valence-corrected chi connectivity index (χ2v) is 5.78. The zero-order chi connectivity index (χ0) is 13.9. The van der Waals surface area contributed by atoms with E-state index in [0.717, 1.165) is 11.0 Å². The van der Waals surface area contributed by atoms with Gasteiger partial charge in [0.1, 0.15) is 0 Å². The molecule has 0 aromatic heterocycles. The van der Waals surface area contributed by atoms with Crippen molar-refractivity contribution in [2.24, 2.45) is 0 Å².